The first kappa shape index (κ1) is 17.2. The maximum Gasteiger partial charge on any atom is 0.268 e. The molecule has 0 aromatic heterocycles. The molecule has 0 saturated carbocycles. The van der Waals surface area contributed by atoms with E-state index >= 15 is 0 Å². The molecule has 6 N–H and O–H groups in total. The van der Waals surface area contributed by atoms with E-state index < -0.39 is 48.7 Å². The maximum absolute atomic E-state index is 12.2. The number of hydrogen-bond acceptors (Lipinski definition) is 8. The zero-order chi connectivity index (χ0) is 17.3. The van der Waals surface area contributed by atoms with Crippen molar-refractivity contribution >= 4 is 17.7 Å². The summed E-state index contributed by atoms with van der Waals surface area (Å²) in [6.07, 6.45) is -5.63. The molecule has 1 aromatic carbocycles. The molecule has 0 saturated heterocycles. The van der Waals surface area contributed by atoms with Gasteiger partial charge in [-0.05, 0) is 12.1 Å². The molecule has 1 aliphatic rings. The molecule has 9 nitrogen and oxygen atoms in total. The molecule has 9 heteroatoms. The average Bonchev–Trinajstić information content (AvgIpc) is 2.83. The lowest BCUT2D eigenvalue weighted by atomic mass is 10.0. The number of carbonyl (C=O) groups is 3. The minimum atomic E-state index is -1.98. The van der Waals surface area contributed by atoms with Crippen LogP contribution in [-0.2, 0) is 4.79 Å². The molecule has 1 heterocycles. The van der Waals surface area contributed by atoms with E-state index in [0.29, 0.717) is 0 Å². The zero-order valence-corrected chi connectivity index (χ0v) is 11.9. The summed E-state index contributed by atoms with van der Waals surface area (Å²) in [6.45, 7) is -0.869. The monoisotopic (exact) mass is 324 g/mol. The number of nitrogens with two attached hydrogens (primary N) is 1. The van der Waals surface area contributed by atoms with Crippen molar-refractivity contribution in [3.8, 4) is 0 Å². The summed E-state index contributed by atoms with van der Waals surface area (Å²) >= 11 is 0. The Bertz CT molecular complexity index is 613. The maximum atomic E-state index is 12.2. The fourth-order valence-electron chi connectivity index (χ4n) is 2.23. The molecule has 0 unspecified atom stereocenters. The van der Waals surface area contributed by atoms with Crippen LogP contribution in [0, 0.1) is 0 Å². The predicted molar refractivity (Wildman–Crippen MR) is 75.0 cm³/mol. The third-order valence-corrected chi connectivity index (χ3v) is 3.60. The second kappa shape index (κ2) is 6.52. The standard InChI is InChI=1S/C14H16N2O7/c15-9(11(20)10(19)8(18)5-17)14(23)16-12(21)6-3-1-2-4-7(6)13(16)22/h1-4,8-11,17-20H,5,15H2/t8-,9-,10-,11-/m1/s1. The predicted octanol–water partition coefficient (Wildman–Crippen LogP) is -2.79. The molecule has 0 fully saturated rings. The van der Waals surface area contributed by atoms with Gasteiger partial charge in [-0.1, -0.05) is 12.1 Å². The van der Waals surface area contributed by atoms with Gasteiger partial charge in [-0.3, -0.25) is 14.4 Å². The van der Waals surface area contributed by atoms with Crippen LogP contribution in [0.25, 0.3) is 0 Å². The van der Waals surface area contributed by atoms with Crippen LogP contribution in [0.3, 0.4) is 0 Å². The Hall–Kier alpha value is -2.17. The van der Waals surface area contributed by atoms with Gasteiger partial charge in [-0.25, -0.2) is 4.90 Å². The van der Waals surface area contributed by atoms with E-state index in [1.54, 1.807) is 0 Å². The molecule has 124 valence electrons. The Balaban J connectivity index is 2.21. The summed E-state index contributed by atoms with van der Waals surface area (Å²) in [4.78, 5) is 36.8. The fraction of sp³-hybridized carbons (Fsp3) is 0.357. The molecule has 4 atom stereocenters. The lowest BCUT2D eigenvalue weighted by Gasteiger charge is -2.27. The highest BCUT2D eigenvalue weighted by Gasteiger charge is 2.44. The Kier molecular flexibility index (Phi) is 4.88. The molecule has 3 amide bonds. The summed E-state index contributed by atoms with van der Waals surface area (Å²) in [7, 11) is 0. The molecular formula is C14H16N2O7. The van der Waals surface area contributed by atoms with Crippen molar-refractivity contribution in [3.05, 3.63) is 35.4 Å². The second-order valence-corrected chi connectivity index (χ2v) is 5.09. The summed E-state index contributed by atoms with van der Waals surface area (Å²) in [6, 6.07) is 3.94. The van der Waals surface area contributed by atoms with Crippen molar-refractivity contribution in [2.75, 3.05) is 6.61 Å². The number of nitrogens with zero attached hydrogens (tertiary/aromatic N) is 1. The van der Waals surface area contributed by atoms with Crippen LogP contribution < -0.4 is 5.73 Å². The molecular weight excluding hydrogens is 308 g/mol. The first-order valence-corrected chi connectivity index (χ1v) is 6.73. The number of rotatable bonds is 5. The van der Waals surface area contributed by atoms with Crippen LogP contribution in [0.2, 0.25) is 0 Å². The highest BCUT2D eigenvalue weighted by Crippen LogP contribution is 2.23. The molecule has 0 aliphatic carbocycles. The highest BCUT2D eigenvalue weighted by atomic mass is 16.4. The molecule has 23 heavy (non-hydrogen) atoms. The minimum Gasteiger partial charge on any atom is -0.394 e. The third-order valence-electron chi connectivity index (χ3n) is 3.60. The Morgan fingerprint density at radius 2 is 1.52 bits per heavy atom. The highest BCUT2D eigenvalue weighted by molar-refractivity contribution is 6.29. The van der Waals surface area contributed by atoms with E-state index in [0.717, 1.165) is 0 Å². The number of aliphatic hydroxyl groups is 4. The van der Waals surface area contributed by atoms with Gasteiger partial charge in [0.2, 0.25) is 0 Å². The largest absolute Gasteiger partial charge is 0.394 e. The number of benzene rings is 1. The van der Waals surface area contributed by atoms with Gasteiger partial charge < -0.3 is 26.2 Å². The van der Waals surface area contributed by atoms with E-state index in [-0.39, 0.29) is 16.0 Å². The zero-order valence-electron chi connectivity index (χ0n) is 11.9. The van der Waals surface area contributed by atoms with Crippen LogP contribution in [-0.4, -0.2) is 74.0 Å². The summed E-state index contributed by atoms with van der Waals surface area (Å²) in [5.74, 6) is -2.97. The van der Waals surface area contributed by atoms with Gasteiger partial charge >= 0.3 is 0 Å². The Morgan fingerprint density at radius 3 is 1.96 bits per heavy atom. The molecule has 2 rings (SSSR count). The first-order chi connectivity index (χ1) is 10.8. The van der Waals surface area contributed by atoms with Gasteiger partial charge in [-0.15, -0.1) is 0 Å². The SMILES string of the molecule is N[C@@H](C(=O)N1C(=O)c2ccccc2C1=O)[C@@H](O)[C@H](O)[C@H](O)CO. The third kappa shape index (κ3) is 2.87. The number of hydrogen-bond donors (Lipinski definition) is 5. The van der Waals surface area contributed by atoms with Gasteiger partial charge in [0.1, 0.15) is 24.4 Å². The van der Waals surface area contributed by atoms with Crippen molar-refractivity contribution in [2.24, 2.45) is 5.73 Å². The molecule has 1 aromatic rings. The minimum absolute atomic E-state index is 0.0310. The fourth-order valence-corrected chi connectivity index (χ4v) is 2.23. The van der Waals surface area contributed by atoms with Gasteiger partial charge in [0.25, 0.3) is 17.7 Å². The topological polar surface area (TPSA) is 161 Å². The molecule has 0 radical (unpaired) electrons. The quantitative estimate of drug-likeness (QED) is 0.363. The van der Waals surface area contributed by atoms with Crippen LogP contribution in [0.1, 0.15) is 20.7 Å². The average molecular weight is 324 g/mol. The first-order valence-electron chi connectivity index (χ1n) is 6.73. The number of carbonyl (C=O) groups excluding carboxylic acids is 3. The number of imide groups is 3. The van der Waals surface area contributed by atoms with Gasteiger partial charge in [-0.2, -0.15) is 0 Å². The van der Waals surface area contributed by atoms with E-state index in [1.165, 1.54) is 24.3 Å². The molecule has 1 aliphatic heterocycles. The molecule has 0 bridgehead atoms. The van der Waals surface area contributed by atoms with Crippen molar-refractivity contribution in [3.63, 3.8) is 0 Å². The Labute approximate surface area is 130 Å². The van der Waals surface area contributed by atoms with Gasteiger partial charge in [0.15, 0.2) is 0 Å². The van der Waals surface area contributed by atoms with Crippen LogP contribution >= 0.6 is 0 Å². The van der Waals surface area contributed by atoms with E-state index in [2.05, 4.69) is 0 Å². The van der Waals surface area contributed by atoms with E-state index in [1.807, 2.05) is 0 Å². The number of aliphatic hydroxyl groups excluding tert-OH is 4. The number of amides is 3. The lowest BCUT2D eigenvalue weighted by Crippen LogP contribution is -2.57. The van der Waals surface area contributed by atoms with Crippen molar-refractivity contribution in [1.29, 1.82) is 0 Å². The van der Waals surface area contributed by atoms with Crippen LogP contribution in [0.4, 0.5) is 0 Å². The van der Waals surface area contributed by atoms with Crippen LogP contribution in [0.15, 0.2) is 24.3 Å². The van der Waals surface area contributed by atoms with E-state index in [9.17, 15) is 29.7 Å². The van der Waals surface area contributed by atoms with Gasteiger partial charge in [0, 0.05) is 0 Å². The van der Waals surface area contributed by atoms with Crippen molar-refractivity contribution < 1.29 is 34.8 Å². The second-order valence-electron chi connectivity index (χ2n) is 5.09. The lowest BCUT2D eigenvalue weighted by molar-refractivity contribution is -0.136. The smallest absolute Gasteiger partial charge is 0.268 e. The Morgan fingerprint density at radius 1 is 1.04 bits per heavy atom. The summed E-state index contributed by atoms with van der Waals surface area (Å²) in [5.41, 5.74) is 5.56. The number of fused-ring (bicyclic) bond motifs is 1. The normalized spacial score (nSPS) is 19.3. The van der Waals surface area contributed by atoms with E-state index in [4.69, 9.17) is 10.8 Å². The summed E-state index contributed by atoms with van der Waals surface area (Å²) in [5, 5.41) is 37.4. The molecule has 0 spiro atoms. The van der Waals surface area contributed by atoms with Crippen molar-refractivity contribution in [1.82, 2.24) is 4.90 Å². The van der Waals surface area contributed by atoms with Crippen LogP contribution in [0.5, 0.6) is 0 Å². The van der Waals surface area contributed by atoms with Gasteiger partial charge in [0.05, 0.1) is 17.7 Å². The van der Waals surface area contributed by atoms with Crippen molar-refractivity contribution in [2.45, 2.75) is 24.4 Å². The summed E-state index contributed by atoms with van der Waals surface area (Å²) < 4.78 is 0.